The van der Waals surface area contributed by atoms with Gasteiger partial charge >= 0.3 is 0 Å². The monoisotopic (exact) mass is 162 g/mol. The molecule has 62 valence electrons. The van der Waals surface area contributed by atoms with E-state index in [-0.39, 0.29) is 0 Å². The molecular formula is C9H10N2O. The molecule has 3 nitrogen and oxygen atoms in total. The molecule has 0 amide bonds. The molecule has 0 atom stereocenters. The van der Waals surface area contributed by atoms with Crippen LogP contribution < -0.4 is 0 Å². The number of fused-ring (bicyclic) bond motifs is 1. The highest BCUT2D eigenvalue weighted by molar-refractivity contribution is 5.76. The van der Waals surface area contributed by atoms with Crippen molar-refractivity contribution in [3.63, 3.8) is 0 Å². The molecule has 2 heterocycles. The van der Waals surface area contributed by atoms with Gasteiger partial charge in [0, 0.05) is 12.1 Å². The van der Waals surface area contributed by atoms with Crippen molar-refractivity contribution in [3.8, 4) is 0 Å². The molecule has 0 aliphatic rings. The molecule has 0 aromatic carbocycles. The van der Waals surface area contributed by atoms with Crippen molar-refractivity contribution in [2.75, 3.05) is 0 Å². The summed E-state index contributed by atoms with van der Waals surface area (Å²) >= 11 is 0. The smallest absolute Gasteiger partial charge is 0.202 e. The maximum Gasteiger partial charge on any atom is 0.202 e. The lowest BCUT2D eigenvalue weighted by Crippen LogP contribution is -1.83. The summed E-state index contributed by atoms with van der Waals surface area (Å²) in [5.41, 5.74) is 0.696. The van der Waals surface area contributed by atoms with Crippen LogP contribution in [0.25, 0.3) is 11.0 Å². The van der Waals surface area contributed by atoms with E-state index in [0.717, 1.165) is 11.1 Å². The number of hydrogen-bond donors (Lipinski definition) is 0. The highest BCUT2D eigenvalue weighted by Crippen LogP contribution is 2.22. The zero-order valence-corrected chi connectivity index (χ0v) is 7.11. The fourth-order valence-corrected chi connectivity index (χ4v) is 1.22. The first-order chi connectivity index (χ1) is 5.79. The molecule has 0 unspecified atom stereocenters. The third-order valence-corrected chi connectivity index (χ3v) is 1.81. The molecule has 0 bridgehead atoms. The highest BCUT2D eigenvalue weighted by Gasteiger charge is 2.10. The van der Waals surface area contributed by atoms with Crippen molar-refractivity contribution < 1.29 is 4.52 Å². The quantitative estimate of drug-likeness (QED) is 0.646. The first kappa shape index (κ1) is 7.28. The van der Waals surface area contributed by atoms with E-state index in [4.69, 9.17) is 4.52 Å². The number of nitrogens with zero attached hydrogens (tertiary/aromatic N) is 2. The Hall–Kier alpha value is -1.38. The summed E-state index contributed by atoms with van der Waals surface area (Å²) in [6.07, 6.45) is 1.72. The zero-order chi connectivity index (χ0) is 8.55. The van der Waals surface area contributed by atoms with E-state index >= 15 is 0 Å². The predicted molar refractivity (Wildman–Crippen MR) is 45.9 cm³/mol. The summed E-state index contributed by atoms with van der Waals surface area (Å²) in [5.74, 6) is 1.28. The second-order valence-electron chi connectivity index (χ2n) is 3.08. The maximum atomic E-state index is 5.16. The second kappa shape index (κ2) is 2.59. The van der Waals surface area contributed by atoms with Crippen molar-refractivity contribution >= 4 is 11.0 Å². The Kier molecular flexibility index (Phi) is 1.57. The van der Waals surface area contributed by atoms with Gasteiger partial charge in [0.2, 0.25) is 5.65 Å². The summed E-state index contributed by atoms with van der Waals surface area (Å²) in [6, 6.07) is 3.87. The van der Waals surface area contributed by atoms with Gasteiger partial charge in [0.25, 0.3) is 0 Å². The summed E-state index contributed by atoms with van der Waals surface area (Å²) in [6.45, 7) is 4.15. The van der Waals surface area contributed by atoms with Crippen LogP contribution in [0.15, 0.2) is 22.9 Å². The molecular weight excluding hydrogens is 152 g/mol. The van der Waals surface area contributed by atoms with Crippen molar-refractivity contribution in [1.82, 2.24) is 10.1 Å². The second-order valence-corrected chi connectivity index (χ2v) is 3.08. The third-order valence-electron chi connectivity index (χ3n) is 1.81. The molecule has 0 aliphatic heterocycles. The topological polar surface area (TPSA) is 38.9 Å². The van der Waals surface area contributed by atoms with E-state index in [2.05, 4.69) is 24.0 Å². The van der Waals surface area contributed by atoms with Gasteiger partial charge in [-0.05, 0) is 12.1 Å². The zero-order valence-electron chi connectivity index (χ0n) is 7.11. The highest BCUT2D eigenvalue weighted by atomic mass is 16.5. The first-order valence-electron chi connectivity index (χ1n) is 3.99. The molecule has 0 aliphatic carbocycles. The van der Waals surface area contributed by atoms with E-state index in [9.17, 15) is 0 Å². The van der Waals surface area contributed by atoms with E-state index in [1.807, 2.05) is 12.1 Å². The van der Waals surface area contributed by atoms with Gasteiger partial charge in [-0.15, -0.1) is 0 Å². The Bertz CT molecular complexity index is 392. The minimum absolute atomic E-state index is 0.360. The van der Waals surface area contributed by atoms with Crippen LogP contribution in [-0.4, -0.2) is 10.1 Å². The van der Waals surface area contributed by atoms with Gasteiger partial charge in [0.1, 0.15) is 5.76 Å². The standard InChI is InChI=1S/C9H10N2O/c1-6(2)8-7-4-3-5-10-9(7)11-12-8/h3-6H,1-2H3. The van der Waals surface area contributed by atoms with E-state index < -0.39 is 0 Å². The van der Waals surface area contributed by atoms with Gasteiger partial charge in [-0.1, -0.05) is 19.0 Å². The van der Waals surface area contributed by atoms with Crippen molar-refractivity contribution in [1.29, 1.82) is 0 Å². The molecule has 0 saturated heterocycles. The molecule has 0 spiro atoms. The summed E-state index contributed by atoms with van der Waals surface area (Å²) in [5, 5.41) is 4.87. The van der Waals surface area contributed by atoms with E-state index in [0.29, 0.717) is 11.6 Å². The van der Waals surface area contributed by atoms with Gasteiger partial charge in [-0.2, -0.15) is 0 Å². The van der Waals surface area contributed by atoms with Crippen LogP contribution in [0.1, 0.15) is 25.5 Å². The average molecular weight is 162 g/mol. The number of aromatic nitrogens is 2. The van der Waals surface area contributed by atoms with Gasteiger partial charge in [0.05, 0.1) is 5.39 Å². The molecule has 2 aromatic heterocycles. The Morgan fingerprint density at radius 2 is 2.25 bits per heavy atom. The lowest BCUT2D eigenvalue weighted by atomic mass is 10.1. The SMILES string of the molecule is CC(C)c1onc2ncccc12. The molecule has 2 aromatic rings. The molecule has 3 heteroatoms. The lowest BCUT2D eigenvalue weighted by Gasteiger charge is -1.96. The largest absolute Gasteiger partial charge is 0.358 e. The molecule has 0 N–H and O–H groups in total. The van der Waals surface area contributed by atoms with Crippen LogP contribution >= 0.6 is 0 Å². The van der Waals surface area contributed by atoms with Crippen molar-refractivity contribution in [2.45, 2.75) is 19.8 Å². The fraction of sp³-hybridized carbons (Fsp3) is 0.333. The van der Waals surface area contributed by atoms with Gasteiger partial charge in [-0.25, -0.2) is 4.98 Å². The van der Waals surface area contributed by atoms with E-state index in [1.54, 1.807) is 6.20 Å². The maximum absolute atomic E-state index is 5.16. The lowest BCUT2D eigenvalue weighted by molar-refractivity contribution is 0.377. The van der Waals surface area contributed by atoms with Gasteiger partial charge < -0.3 is 4.52 Å². The van der Waals surface area contributed by atoms with Crippen LogP contribution in [0.3, 0.4) is 0 Å². The molecule has 0 saturated carbocycles. The Morgan fingerprint density at radius 1 is 1.42 bits per heavy atom. The van der Waals surface area contributed by atoms with Crippen LogP contribution in [0.5, 0.6) is 0 Å². The summed E-state index contributed by atoms with van der Waals surface area (Å²) in [4.78, 5) is 4.08. The van der Waals surface area contributed by atoms with Gasteiger partial charge in [0.15, 0.2) is 0 Å². The molecule has 2 rings (SSSR count). The van der Waals surface area contributed by atoms with Crippen LogP contribution in [-0.2, 0) is 0 Å². The Labute approximate surface area is 70.4 Å². The van der Waals surface area contributed by atoms with Crippen molar-refractivity contribution in [3.05, 3.63) is 24.1 Å². The predicted octanol–water partition coefficient (Wildman–Crippen LogP) is 2.35. The van der Waals surface area contributed by atoms with Gasteiger partial charge in [-0.3, -0.25) is 0 Å². The summed E-state index contributed by atoms with van der Waals surface area (Å²) < 4.78 is 5.16. The number of rotatable bonds is 1. The molecule has 0 fully saturated rings. The van der Waals surface area contributed by atoms with E-state index in [1.165, 1.54) is 0 Å². The molecule has 12 heavy (non-hydrogen) atoms. The Balaban J connectivity index is 2.70. The van der Waals surface area contributed by atoms with Crippen LogP contribution in [0.2, 0.25) is 0 Å². The Morgan fingerprint density at radius 3 is 3.00 bits per heavy atom. The minimum Gasteiger partial charge on any atom is -0.358 e. The minimum atomic E-state index is 0.360. The van der Waals surface area contributed by atoms with Crippen LogP contribution in [0.4, 0.5) is 0 Å². The summed E-state index contributed by atoms with van der Waals surface area (Å²) in [7, 11) is 0. The number of hydrogen-bond acceptors (Lipinski definition) is 3. The first-order valence-corrected chi connectivity index (χ1v) is 3.99. The number of pyridine rings is 1. The molecule has 0 radical (unpaired) electrons. The van der Waals surface area contributed by atoms with Crippen LogP contribution in [0, 0.1) is 0 Å². The average Bonchev–Trinajstić information content (AvgIpc) is 2.47. The van der Waals surface area contributed by atoms with Crippen molar-refractivity contribution in [2.24, 2.45) is 0 Å². The fourth-order valence-electron chi connectivity index (χ4n) is 1.22. The third kappa shape index (κ3) is 0.978. The normalized spacial score (nSPS) is 11.2.